The van der Waals surface area contributed by atoms with E-state index in [1.807, 2.05) is 18.2 Å². The van der Waals surface area contributed by atoms with Gasteiger partial charge in [0.2, 0.25) is 0 Å². The summed E-state index contributed by atoms with van der Waals surface area (Å²) in [5, 5.41) is 15.9. The van der Waals surface area contributed by atoms with Crippen molar-refractivity contribution >= 4 is 28.3 Å². The molecule has 0 saturated carbocycles. The highest BCUT2D eigenvalue weighted by molar-refractivity contribution is 6.35. The van der Waals surface area contributed by atoms with Crippen LogP contribution in [0.1, 0.15) is 12.8 Å². The fourth-order valence-electron chi connectivity index (χ4n) is 3.71. The molecule has 116 valence electrons. The Balaban J connectivity index is 1.64. The molecule has 0 aliphatic carbocycles. The summed E-state index contributed by atoms with van der Waals surface area (Å²) < 4.78 is 0. The minimum atomic E-state index is -0.504. The second-order valence-corrected chi connectivity index (χ2v) is 6.84. The lowest BCUT2D eigenvalue weighted by atomic mass is 9.76. The summed E-state index contributed by atoms with van der Waals surface area (Å²) in [5.74, 6) is 1.21. The van der Waals surface area contributed by atoms with Gasteiger partial charge in [-0.15, -0.1) is 0 Å². The molecule has 2 aliphatic heterocycles. The first-order valence-electron chi connectivity index (χ1n) is 7.89. The monoisotopic (exact) mass is 317 g/mol. The van der Waals surface area contributed by atoms with Crippen molar-refractivity contribution in [2.24, 2.45) is 5.92 Å². The summed E-state index contributed by atoms with van der Waals surface area (Å²) in [6.45, 7) is 3.47. The largest absolute Gasteiger partial charge is 0.389 e. The number of aromatic nitrogens is 1. The molecule has 0 spiro atoms. The van der Waals surface area contributed by atoms with Gasteiger partial charge in [-0.2, -0.15) is 0 Å². The molecule has 1 aromatic carbocycles. The van der Waals surface area contributed by atoms with Crippen LogP contribution in [-0.4, -0.2) is 41.9 Å². The highest BCUT2D eigenvalue weighted by atomic mass is 35.5. The van der Waals surface area contributed by atoms with Gasteiger partial charge in [0, 0.05) is 30.9 Å². The predicted octanol–water partition coefficient (Wildman–Crippen LogP) is 2.44. The molecule has 22 heavy (non-hydrogen) atoms. The van der Waals surface area contributed by atoms with Gasteiger partial charge in [0.1, 0.15) is 5.82 Å². The van der Waals surface area contributed by atoms with Crippen molar-refractivity contribution in [1.82, 2.24) is 10.3 Å². The zero-order valence-corrected chi connectivity index (χ0v) is 13.2. The lowest BCUT2D eigenvalue weighted by Gasteiger charge is -2.47. The molecule has 2 unspecified atom stereocenters. The van der Waals surface area contributed by atoms with E-state index in [2.05, 4.69) is 22.3 Å². The SMILES string of the molecule is OC12CCNCC1CN(c1ccc3cccc(Cl)c3n1)CC2. The summed E-state index contributed by atoms with van der Waals surface area (Å²) in [7, 11) is 0. The van der Waals surface area contributed by atoms with Gasteiger partial charge in [-0.3, -0.25) is 0 Å². The number of piperidine rings is 2. The van der Waals surface area contributed by atoms with Crippen molar-refractivity contribution < 1.29 is 5.11 Å². The van der Waals surface area contributed by atoms with Crippen LogP contribution in [0.4, 0.5) is 5.82 Å². The molecule has 2 aromatic rings. The molecular weight excluding hydrogens is 298 g/mol. The normalized spacial score (nSPS) is 28.6. The first-order valence-corrected chi connectivity index (χ1v) is 8.27. The average Bonchev–Trinajstić information content (AvgIpc) is 2.54. The van der Waals surface area contributed by atoms with Crippen molar-refractivity contribution in [2.45, 2.75) is 18.4 Å². The van der Waals surface area contributed by atoms with Crippen molar-refractivity contribution in [1.29, 1.82) is 0 Å². The molecule has 2 saturated heterocycles. The third kappa shape index (κ3) is 2.35. The second-order valence-electron chi connectivity index (χ2n) is 6.43. The number of halogens is 1. The molecular formula is C17H20ClN3O. The Morgan fingerprint density at radius 1 is 1.27 bits per heavy atom. The van der Waals surface area contributed by atoms with Gasteiger partial charge in [-0.05, 0) is 37.6 Å². The van der Waals surface area contributed by atoms with Crippen molar-refractivity contribution in [2.75, 3.05) is 31.1 Å². The summed E-state index contributed by atoms with van der Waals surface area (Å²) in [6.07, 6.45) is 1.66. The number of nitrogens with one attached hydrogen (secondary N) is 1. The molecule has 2 fully saturated rings. The van der Waals surface area contributed by atoms with Gasteiger partial charge in [-0.1, -0.05) is 23.7 Å². The third-order valence-electron chi connectivity index (χ3n) is 5.12. The molecule has 3 heterocycles. The Labute approximate surface area is 135 Å². The van der Waals surface area contributed by atoms with Gasteiger partial charge in [0.25, 0.3) is 0 Å². The van der Waals surface area contributed by atoms with Crippen LogP contribution in [0.2, 0.25) is 5.02 Å². The Morgan fingerprint density at radius 3 is 3.09 bits per heavy atom. The smallest absolute Gasteiger partial charge is 0.129 e. The van der Waals surface area contributed by atoms with Crippen LogP contribution in [0.3, 0.4) is 0 Å². The summed E-state index contributed by atoms with van der Waals surface area (Å²) in [6, 6.07) is 9.97. The molecule has 4 rings (SSSR count). The van der Waals surface area contributed by atoms with Gasteiger partial charge < -0.3 is 15.3 Å². The molecule has 5 heteroatoms. The molecule has 1 aromatic heterocycles. The van der Waals surface area contributed by atoms with Gasteiger partial charge in [0.15, 0.2) is 0 Å². The number of hydrogen-bond acceptors (Lipinski definition) is 4. The highest BCUT2D eigenvalue weighted by Gasteiger charge is 2.43. The van der Waals surface area contributed by atoms with E-state index in [4.69, 9.17) is 16.6 Å². The maximum atomic E-state index is 10.8. The molecule has 0 bridgehead atoms. The fraction of sp³-hybridized carbons (Fsp3) is 0.471. The van der Waals surface area contributed by atoms with E-state index >= 15 is 0 Å². The van der Waals surface area contributed by atoms with Crippen LogP contribution < -0.4 is 10.2 Å². The Kier molecular flexibility index (Phi) is 3.48. The zero-order chi connectivity index (χ0) is 15.2. The number of para-hydroxylation sites is 1. The molecule has 0 radical (unpaired) electrons. The summed E-state index contributed by atoms with van der Waals surface area (Å²) in [4.78, 5) is 7.02. The van der Waals surface area contributed by atoms with Crippen LogP contribution in [0.5, 0.6) is 0 Å². The van der Waals surface area contributed by atoms with Gasteiger partial charge in [0.05, 0.1) is 16.1 Å². The fourth-order valence-corrected chi connectivity index (χ4v) is 3.93. The number of benzene rings is 1. The number of anilines is 1. The van der Waals surface area contributed by atoms with Crippen molar-refractivity contribution in [3.63, 3.8) is 0 Å². The van der Waals surface area contributed by atoms with E-state index < -0.39 is 5.60 Å². The van der Waals surface area contributed by atoms with Crippen LogP contribution in [0.15, 0.2) is 30.3 Å². The van der Waals surface area contributed by atoms with Crippen molar-refractivity contribution in [3.8, 4) is 0 Å². The van der Waals surface area contributed by atoms with Crippen LogP contribution in [0, 0.1) is 5.92 Å². The molecule has 2 atom stereocenters. The standard InChI is InChI=1S/C17H20ClN3O/c18-14-3-1-2-12-4-5-15(20-16(12)14)21-9-7-17(22)6-8-19-10-13(17)11-21/h1-5,13,19,22H,6-11H2. The van der Waals surface area contributed by atoms with Crippen molar-refractivity contribution in [3.05, 3.63) is 35.4 Å². The van der Waals surface area contributed by atoms with E-state index in [9.17, 15) is 5.11 Å². The first-order chi connectivity index (χ1) is 10.7. The number of nitrogens with zero attached hydrogens (tertiary/aromatic N) is 2. The van der Waals surface area contributed by atoms with Crippen LogP contribution in [-0.2, 0) is 0 Å². The molecule has 4 nitrogen and oxygen atoms in total. The van der Waals surface area contributed by atoms with Crippen LogP contribution in [0.25, 0.3) is 10.9 Å². The second kappa shape index (κ2) is 5.37. The molecule has 2 aliphatic rings. The lowest BCUT2D eigenvalue weighted by molar-refractivity contribution is -0.0539. The summed E-state index contributed by atoms with van der Waals surface area (Å²) >= 11 is 6.27. The number of fused-ring (bicyclic) bond motifs is 2. The number of pyridine rings is 1. The topological polar surface area (TPSA) is 48.4 Å². The Hall–Kier alpha value is -1.36. The number of aliphatic hydroxyl groups is 1. The van der Waals surface area contributed by atoms with E-state index in [1.165, 1.54) is 0 Å². The van der Waals surface area contributed by atoms with E-state index in [1.54, 1.807) is 0 Å². The average molecular weight is 318 g/mol. The number of rotatable bonds is 1. The Morgan fingerprint density at radius 2 is 2.18 bits per heavy atom. The highest BCUT2D eigenvalue weighted by Crippen LogP contribution is 2.35. The van der Waals surface area contributed by atoms with E-state index in [0.29, 0.717) is 5.02 Å². The maximum Gasteiger partial charge on any atom is 0.129 e. The van der Waals surface area contributed by atoms with E-state index in [0.717, 1.165) is 55.7 Å². The quantitative estimate of drug-likeness (QED) is 0.848. The number of hydrogen-bond donors (Lipinski definition) is 2. The lowest BCUT2D eigenvalue weighted by Crippen LogP contribution is -2.59. The van der Waals surface area contributed by atoms with Crippen LogP contribution >= 0.6 is 11.6 Å². The summed E-state index contributed by atoms with van der Waals surface area (Å²) in [5.41, 5.74) is 0.347. The third-order valence-corrected chi connectivity index (χ3v) is 5.43. The first kappa shape index (κ1) is 14.2. The minimum Gasteiger partial charge on any atom is -0.389 e. The molecule has 2 N–H and O–H groups in total. The minimum absolute atomic E-state index is 0.263. The maximum absolute atomic E-state index is 10.8. The van der Waals surface area contributed by atoms with E-state index in [-0.39, 0.29) is 5.92 Å². The predicted molar refractivity (Wildman–Crippen MR) is 89.5 cm³/mol. The van der Waals surface area contributed by atoms with Gasteiger partial charge in [-0.25, -0.2) is 4.98 Å². The zero-order valence-electron chi connectivity index (χ0n) is 12.4. The molecule has 0 amide bonds. The van der Waals surface area contributed by atoms with Gasteiger partial charge >= 0.3 is 0 Å². The Bertz CT molecular complexity index is 707.